The zero-order chi connectivity index (χ0) is 10.1. The van der Waals surface area contributed by atoms with Crippen molar-refractivity contribution < 1.29 is 4.39 Å². The van der Waals surface area contributed by atoms with Gasteiger partial charge in [-0.3, -0.25) is 0 Å². The molecule has 3 N–H and O–H groups in total. The van der Waals surface area contributed by atoms with Crippen molar-refractivity contribution in [1.29, 1.82) is 0 Å². The Kier molecular flexibility index (Phi) is 2.05. The number of aromatic nitrogens is 1. The lowest BCUT2D eigenvalue weighted by Crippen LogP contribution is -2.08. The van der Waals surface area contributed by atoms with Crippen molar-refractivity contribution in [2.75, 3.05) is 5.43 Å². The zero-order valence-corrected chi connectivity index (χ0v) is 7.71. The van der Waals surface area contributed by atoms with Crippen molar-refractivity contribution >= 4 is 16.6 Å². The van der Waals surface area contributed by atoms with Crippen LogP contribution in [0.2, 0.25) is 0 Å². The van der Waals surface area contributed by atoms with Crippen LogP contribution in [-0.2, 0) is 0 Å². The number of pyridine rings is 1. The van der Waals surface area contributed by atoms with Gasteiger partial charge in [-0.1, -0.05) is 0 Å². The quantitative estimate of drug-likeness (QED) is 0.535. The molecule has 2 aromatic rings. The predicted molar refractivity (Wildman–Crippen MR) is 54.2 cm³/mol. The molecule has 0 aliphatic carbocycles. The van der Waals surface area contributed by atoms with Gasteiger partial charge in [-0.2, -0.15) is 0 Å². The highest BCUT2D eigenvalue weighted by Gasteiger charge is 2.04. The largest absolute Gasteiger partial charge is 0.308 e. The molecule has 1 aromatic carbocycles. The number of fused-ring (bicyclic) bond motifs is 1. The monoisotopic (exact) mass is 191 g/mol. The number of hydrogen-bond acceptors (Lipinski definition) is 3. The number of benzene rings is 1. The molecule has 0 atom stereocenters. The molecule has 0 fully saturated rings. The molecule has 0 bridgehead atoms. The van der Waals surface area contributed by atoms with Gasteiger partial charge in [0.2, 0.25) is 0 Å². The van der Waals surface area contributed by atoms with Gasteiger partial charge in [-0.05, 0) is 36.1 Å². The average Bonchev–Trinajstić information content (AvgIpc) is 2.17. The smallest absolute Gasteiger partial charge is 0.147 e. The third-order valence-corrected chi connectivity index (χ3v) is 2.19. The van der Waals surface area contributed by atoms with Crippen LogP contribution in [0, 0.1) is 12.7 Å². The van der Waals surface area contributed by atoms with Crippen LogP contribution in [0.1, 0.15) is 5.56 Å². The number of halogens is 1. The van der Waals surface area contributed by atoms with E-state index in [4.69, 9.17) is 5.84 Å². The molecule has 0 aliphatic rings. The van der Waals surface area contributed by atoms with Gasteiger partial charge in [0.25, 0.3) is 0 Å². The molecule has 2 rings (SSSR count). The molecule has 0 amide bonds. The second-order valence-corrected chi connectivity index (χ2v) is 3.12. The van der Waals surface area contributed by atoms with Gasteiger partial charge in [-0.15, -0.1) is 0 Å². The van der Waals surface area contributed by atoms with E-state index in [1.54, 1.807) is 6.20 Å². The summed E-state index contributed by atoms with van der Waals surface area (Å²) in [4.78, 5) is 4.00. The van der Waals surface area contributed by atoms with Gasteiger partial charge in [0.1, 0.15) is 11.6 Å². The molecule has 1 heterocycles. The molecule has 0 radical (unpaired) electrons. The highest BCUT2D eigenvalue weighted by Crippen LogP contribution is 2.24. The Morgan fingerprint density at radius 1 is 1.36 bits per heavy atom. The van der Waals surface area contributed by atoms with E-state index >= 15 is 0 Å². The lowest BCUT2D eigenvalue weighted by Gasteiger charge is -2.06. The van der Waals surface area contributed by atoms with Crippen molar-refractivity contribution in [3.05, 3.63) is 35.8 Å². The van der Waals surface area contributed by atoms with E-state index in [1.807, 2.05) is 13.0 Å². The van der Waals surface area contributed by atoms with Crippen molar-refractivity contribution in [1.82, 2.24) is 4.98 Å². The van der Waals surface area contributed by atoms with Crippen molar-refractivity contribution in [2.24, 2.45) is 5.84 Å². The Bertz CT molecular complexity index is 482. The fraction of sp³-hybridized carbons (Fsp3) is 0.100. The standard InChI is InChI=1S/C10H10FN3/c1-6-4-7(11)5-9-8(6)2-3-13-10(9)14-12/h2-5H,12H2,1H3,(H,13,14). The Morgan fingerprint density at radius 2 is 2.14 bits per heavy atom. The molecular weight excluding hydrogens is 181 g/mol. The average molecular weight is 191 g/mol. The summed E-state index contributed by atoms with van der Waals surface area (Å²) < 4.78 is 13.1. The first-order valence-corrected chi connectivity index (χ1v) is 4.24. The number of hydrazine groups is 1. The third-order valence-electron chi connectivity index (χ3n) is 2.19. The number of nitrogens with one attached hydrogen (secondary N) is 1. The number of hydrogen-bond donors (Lipinski definition) is 2. The van der Waals surface area contributed by atoms with E-state index in [2.05, 4.69) is 10.4 Å². The first kappa shape index (κ1) is 8.90. The fourth-order valence-corrected chi connectivity index (χ4v) is 1.54. The summed E-state index contributed by atoms with van der Waals surface area (Å²) in [6.45, 7) is 1.85. The van der Waals surface area contributed by atoms with Crippen LogP contribution < -0.4 is 11.3 Å². The Hall–Kier alpha value is -1.68. The summed E-state index contributed by atoms with van der Waals surface area (Å²) in [5, 5.41) is 1.65. The minimum Gasteiger partial charge on any atom is -0.308 e. The summed E-state index contributed by atoms with van der Waals surface area (Å²) >= 11 is 0. The SMILES string of the molecule is Cc1cc(F)cc2c(NN)nccc12. The molecule has 1 aromatic heterocycles. The first-order valence-electron chi connectivity index (χ1n) is 4.24. The molecular formula is C10H10FN3. The van der Waals surface area contributed by atoms with E-state index in [0.29, 0.717) is 11.2 Å². The molecule has 0 spiro atoms. The minimum absolute atomic E-state index is 0.278. The Morgan fingerprint density at radius 3 is 2.86 bits per heavy atom. The van der Waals surface area contributed by atoms with Crippen molar-refractivity contribution in [3.8, 4) is 0 Å². The Balaban J connectivity index is 2.86. The number of anilines is 1. The zero-order valence-electron chi connectivity index (χ0n) is 7.71. The van der Waals surface area contributed by atoms with Crippen LogP contribution in [0.25, 0.3) is 10.8 Å². The number of nitrogen functional groups attached to an aromatic ring is 1. The third kappa shape index (κ3) is 1.29. The van der Waals surface area contributed by atoms with Crippen LogP contribution in [0.15, 0.2) is 24.4 Å². The number of rotatable bonds is 1. The van der Waals surface area contributed by atoms with Crippen LogP contribution in [0.4, 0.5) is 10.2 Å². The molecule has 4 heteroatoms. The summed E-state index contributed by atoms with van der Waals surface area (Å²) in [5.74, 6) is 5.49. The number of nitrogens with zero attached hydrogens (tertiary/aromatic N) is 1. The molecule has 0 aliphatic heterocycles. The highest BCUT2D eigenvalue weighted by atomic mass is 19.1. The van der Waals surface area contributed by atoms with Crippen molar-refractivity contribution in [2.45, 2.75) is 6.92 Å². The lowest BCUT2D eigenvalue weighted by atomic mass is 10.1. The van der Waals surface area contributed by atoms with Crippen LogP contribution in [0.5, 0.6) is 0 Å². The summed E-state index contributed by atoms with van der Waals surface area (Å²) in [5.41, 5.74) is 3.32. The van der Waals surface area contributed by atoms with E-state index in [9.17, 15) is 4.39 Å². The van der Waals surface area contributed by atoms with E-state index in [1.165, 1.54) is 12.1 Å². The highest BCUT2D eigenvalue weighted by molar-refractivity contribution is 5.93. The summed E-state index contributed by atoms with van der Waals surface area (Å²) in [6, 6.07) is 4.75. The van der Waals surface area contributed by atoms with Gasteiger partial charge < -0.3 is 5.43 Å². The molecule has 72 valence electrons. The van der Waals surface area contributed by atoms with Gasteiger partial charge in [-0.25, -0.2) is 15.2 Å². The fourth-order valence-electron chi connectivity index (χ4n) is 1.54. The first-order chi connectivity index (χ1) is 6.72. The maximum absolute atomic E-state index is 13.1. The van der Waals surface area contributed by atoms with Gasteiger partial charge in [0, 0.05) is 11.6 Å². The topological polar surface area (TPSA) is 50.9 Å². The summed E-state index contributed by atoms with van der Waals surface area (Å²) in [6.07, 6.45) is 1.64. The van der Waals surface area contributed by atoms with Gasteiger partial charge in [0.15, 0.2) is 0 Å². The maximum Gasteiger partial charge on any atom is 0.147 e. The molecule has 0 saturated carbocycles. The van der Waals surface area contributed by atoms with Gasteiger partial charge in [0.05, 0.1) is 0 Å². The normalized spacial score (nSPS) is 10.5. The molecule has 3 nitrogen and oxygen atoms in total. The second-order valence-electron chi connectivity index (χ2n) is 3.12. The predicted octanol–water partition coefficient (Wildman–Crippen LogP) is 1.97. The van der Waals surface area contributed by atoms with E-state index < -0.39 is 0 Å². The minimum atomic E-state index is -0.278. The Labute approximate surface area is 80.7 Å². The molecule has 14 heavy (non-hydrogen) atoms. The number of nitrogens with two attached hydrogens (primary N) is 1. The van der Waals surface area contributed by atoms with Crippen LogP contribution in [0.3, 0.4) is 0 Å². The van der Waals surface area contributed by atoms with Crippen LogP contribution in [-0.4, -0.2) is 4.98 Å². The van der Waals surface area contributed by atoms with Crippen LogP contribution >= 0.6 is 0 Å². The molecule has 0 unspecified atom stereocenters. The summed E-state index contributed by atoms with van der Waals surface area (Å²) in [7, 11) is 0. The molecule has 0 saturated heterocycles. The van der Waals surface area contributed by atoms with Gasteiger partial charge >= 0.3 is 0 Å². The van der Waals surface area contributed by atoms with E-state index in [-0.39, 0.29) is 5.82 Å². The van der Waals surface area contributed by atoms with E-state index in [0.717, 1.165) is 10.9 Å². The maximum atomic E-state index is 13.1. The second kappa shape index (κ2) is 3.23. The van der Waals surface area contributed by atoms with Crippen molar-refractivity contribution in [3.63, 3.8) is 0 Å². The number of aryl methyl sites for hydroxylation is 1. The lowest BCUT2D eigenvalue weighted by molar-refractivity contribution is 0.628.